The molecule has 25 heavy (non-hydrogen) atoms. The fourth-order valence-corrected chi connectivity index (χ4v) is 4.94. The SMILES string of the molecule is CC(=O)N1C(=O)[C@@]2(SCC(=O)N2c2cccc(Cl)c2)c2ccccc21. The van der Waals surface area contributed by atoms with Gasteiger partial charge in [0.1, 0.15) is 0 Å². The van der Waals surface area contributed by atoms with Crippen molar-refractivity contribution in [3.8, 4) is 0 Å². The van der Waals surface area contributed by atoms with Gasteiger partial charge in [0.15, 0.2) is 0 Å². The molecule has 0 aliphatic carbocycles. The van der Waals surface area contributed by atoms with E-state index in [1.165, 1.54) is 23.6 Å². The molecule has 0 radical (unpaired) electrons. The Morgan fingerprint density at radius 1 is 1.16 bits per heavy atom. The van der Waals surface area contributed by atoms with Crippen molar-refractivity contribution in [2.75, 3.05) is 15.6 Å². The molecule has 0 bridgehead atoms. The van der Waals surface area contributed by atoms with Crippen molar-refractivity contribution in [2.45, 2.75) is 11.8 Å². The highest BCUT2D eigenvalue weighted by Gasteiger charge is 2.61. The van der Waals surface area contributed by atoms with Crippen LogP contribution in [0.15, 0.2) is 48.5 Å². The first-order valence-corrected chi connectivity index (χ1v) is 9.00. The maximum Gasteiger partial charge on any atom is 0.275 e. The Labute approximate surface area is 153 Å². The van der Waals surface area contributed by atoms with Gasteiger partial charge in [0.2, 0.25) is 16.7 Å². The van der Waals surface area contributed by atoms with Crippen LogP contribution in [0.5, 0.6) is 0 Å². The van der Waals surface area contributed by atoms with E-state index in [1.54, 1.807) is 48.5 Å². The summed E-state index contributed by atoms with van der Waals surface area (Å²) < 4.78 is 0. The van der Waals surface area contributed by atoms with E-state index >= 15 is 0 Å². The fraction of sp³-hybridized carbons (Fsp3) is 0.167. The van der Waals surface area contributed by atoms with E-state index in [0.29, 0.717) is 22.0 Å². The standard InChI is InChI=1S/C18H13ClN2O3S/c1-11(22)20-15-8-3-2-7-14(15)18(17(20)24)21(16(23)10-25-18)13-6-4-5-12(19)9-13/h2-9H,10H2,1H3/t18-/m0/s1. The highest BCUT2D eigenvalue weighted by Crippen LogP contribution is 2.55. The molecule has 7 heteroatoms. The first-order valence-electron chi connectivity index (χ1n) is 7.64. The lowest BCUT2D eigenvalue weighted by Crippen LogP contribution is -2.50. The Bertz CT molecular complexity index is 932. The van der Waals surface area contributed by atoms with Crippen molar-refractivity contribution in [1.29, 1.82) is 0 Å². The van der Waals surface area contributed by atoms with Crippen LogP contribution in [0.3, 0.4) is 0 Å². The topological polar surface area (TPSA) is 57.7 Å². The monoisotopic (exact) mass is 372 g/mol. The molecule has 3 amide bonds. The molecule has 2 aromatic carbocycles. The summed E-state index contributed by atoms with van der Waals surface area (Å²) in [5.74, 6) is -0.837. The fourth-order valence-electron chi connectivity index (χ4n) is 3.41. The molecule has 0 unspecified atom stereocenters. The number of anilines is 2. The molecule has 2 aromatic rings. The number of imide groups is 1. The first-order chi connectivity index (χ1) is 12.0. The number of fused-ring (bicyclic) bond motifs is 2. The van der Waals surface area contributed by atoms with Crippen LogP contribution in [0.2, 0.25) is 5.02 Å². The van der Waals surface area contributed by atoms with E-state index in [1.807, 2.05) is 0 Å². The number of benzene rings is 2. The predicted octanol–water partition coefficient (Wildman–Crippen LogP) is 3.17. The molecule has 0 N–H and O–H groups in total. The molecule has 2 aliphatic rings. The molecule has 1 atom stereocenters. The third kappa shape index (κ3) is 2.14. The van der Waals surface area contributed by atoms with E-state index in [9.17, 15) is 14.4 Å². The Kier molecular flexibility index (Phi) is 3.63. The molecular formula is C18H13ClN2O3S. The number of nitrogens with zero attached hydrogens (tertiary/aromatic N) is 2. The number of para-hydroxylation sites is 1. The molecular weight excluding hydrogens is 360 g/mol. The first kappa shape index (κ1) is 16.2. The summed E-state index contributed by atoms with van der Waals surface area (Å²) in [6.07, 6.45) is 0. The number of thioether (sulfide) groups is 1. The van der Waals surface area contributed by atoms with Crippen LogP contribution in [-0.2, 0) is 19.3 Å². The zero-order chi connectivity index (χ0) is 17.8. The summed E-state index contributed by atoms with van der Waals surface area (Å²) in [5, 5.41) is 0.472. The van der Waals surface area contributed by atoms with Gasteiger partial charge in [0, 0.05) is 23.2 Å². The number of amides is 3. The summed E-state index contributed by atoms with van der Waals surface area (Å²) in [5.41, 5.74) is 1.70. The molecule has 0 aromatic heterocycles. The van der Waals surface area contributed by atoms with Crippen LogP contribution in [0.1, 0.15) is 12.5 Å². The molecule has 1 spiro atoms. The predicted molar refractivity (Wildman–Crippen MR) is 97.7 cm³/mol. The van der Waals surface area contributed by atoms with Gasteiger partial charge in [-0.2, -0.15) is 0 Å². The van der Waals surface area contributed by atoms with Crippen molar-refractivity contribution < 1.29 is 14.4 Å². The number of carbonyl (C=O) groups excluding carboxylic acids is 3. The van der Waals surface area contributed by atoms with E-state index in [4.69, 9.17) is 11.6 Å². The normalized spacial score (nSPS) is 22.0. The zero-order valence-corrected chi connectivity index (χ0v) is 14.8. The van der Waals surface area contributed by atoms with Gasteiger partial charge in [0.05, 0.1) is 11.4 Å². The Morgan fingerprint density at radius 3 is 2.64 bits per heavy atom. The molecule has 1 fully saturated rings. The molecule has 5 nitrogen and oxygen atoms in total. The minimum absolute atomic E-state index is 0.151. The van der Waals surface area contributed by atoms with Crippen LogP contribution in [-0.4, -0.2) is 23.5 Å². The zero-order valence-electron chi connectivity index (χ0n) is 13.2. The van der Waals surface area contributed by atoms with Crippen LogP contribution in [0, 0.1) is 0 Å². The lowest BCUT2D eigenvalue weighted by atomic mass is 10.0. The number of rotatable bonds is 1. The van der Waals surface area contributed by atoms with Crippen molar-refractivity contribution >= 4 is 52.5 Å². The van der Waals surface area contributed by atoms with Crippen molar-refractivity contribution in [2.24, 2.45) is 0 Å². The Hall–Kier alpha value is -2.31. The third-order valence-corrected chi connectivity index (χ3v) is 5.97. The Morgan fingerprint density at radius 2 is 1.92 bits per heavy atom. The second-order valence-electron chi connectivity index (χ2n) is 5.82. The van der Waals surface area contributed by atoms with Gasteiger partial charge in [-0.1, -0.05) is 35.9 Å². The summed E-state index contributed by atoms with van der Waals surface area (Å²) in [6, 6.07) is 13.9. The average molecular weight is 373 g/mol. The summed E-state index contributed by atoms with van der Waals surface area (Å²) in [4.78, 5) is 39.4. The third-order valence-electron chi connectivity index (χ3n) is 4.35. The second kappa shape index (κ2) is 5.61. The number of carbonyl (C=O) groups is 3. The van der Waals surface area contributed by atoms with E-state index in [2.05, 4.69) is 0 Å². The van der Waals surface area contributed by atoms with Crippen molar-refractivity contribution in [3.63, 3.8) is 0 Å². The van der Waals surface area contributed by atoms with Crippen LogP contribution in [0.25, 0.3) is 0 Å². The molecule has 1 saturated heterocycles. The van der Waals surface area contributed by atoms with Crippen molar-refractivity contribution in [1.82, 2.24) is 0 Å². The maximum absolute atomic E-state index is 13.3. The van der Waals surface area contributed by atoms with Crippen LogP contribution >= 0.6 is 23.4 Å². The molecule has 126 valence electrons. The number of halogens is 1. The van der Waals surface area contributed by atoms with Crippen LogP contribution in [0.4, 0.5) is 11.4 Å². The largest absolute Gasteiger partial charge is 0.283 e. The molecule has 2 aliphatic heterocycles. The minimum Gasteiger partial charge on any atom is -0.283 e. The van der Waals surface area contributed by atoms with Gasteiger partial charge in [0.25, 0.3) is 5.91 Å². The van der Waals surface area contributed by atoms with Gasteiger partial charge in [-0.05, 0) is 24.3 Å². The summed E-state index contributed by atoms with van der Waals surface area (Å²) >= 11 is 7.32. The summed E-state index contributed by atoms with van der Waals surface area (Å²) in [6.45, 7) is 1.35. The van der Waals surface area contributed by atoms with Gasteiger partial charge < -0.3 is 0 Å². The average Bonchev–Trinajstić information content (AvgIpc) is 3.05. The van der Waals surface area contributed by atoms with E-state index < -0.39 is 10.8 Å². The maximum atomic E-state index is 13.3. The molecule has 2 heterocycles. The molecule has 0 saturated carbocycles. The minimum atomic E-state index is -1.27. The lowest BCUT2D eigenvalue weighted by Gasteiger charge is -2.33. The van der Waals surface area contributed by atoms with Gasteiger partial charge in [-0.15, -0.1) is 11.8 Å². The highest BCUT2D eigenvalue weighted by molar-refractivity contribution is 8.02. The van der Waals surface area contributed by atoms with Crippen molar-refractivity contribution in [3.05, 3.63) is 59.1 Å². The second-order valence-corrected chi connectivity index (χ2v) is 7.42. The number of hydrogen-bond donors (Lipinski definition) is 0. The van der Waals surface area contributed by atoms with E-state index in [0.717, 1.165) is 4.90 Å². The van der Waals surface area contributed by atoms with E-state index in [-0.39, 0.29) is 17.6 Å². The van der Waals surface area contributed by atoms with Gasteiger partial charge in [-0.3, -0.25) is 19.3 Å². The quantitative estimate of drug-likeness (QED) is 0.771. The Balaban J connectivity index is 1.97. The smallest absolute Gasteiger partial charge is 0.275 e. The lowest BCUT2D eigenvalue weighted by molar-refractivity contribution is -0.128. The van der Waals surface area contributed by atoms with Crippen LogP contribution < -0.4 is 9.80 Å². The van der Waals surface area contributed by atoms with Gasteiger partial charge >= 0.3 is 0 Å². The number of hydrogen-bond acceptors (Lipinski definition) is 4. The van der Waals surface area contributed by atoms with Gasteiger partial charge in [-0.25, -0.2) is 4.90 Å². The summed E-state index contributed by atoms with van der Waals surface area (Å²) in [7, 11) is 0. The highest BCUT2D eigenvalue weighted by atomic mass is 35.5. The molecule has 4 rings (SSSR count).